The van der Waals surface area contributed by atoms with Crippen LogP contribution < -0.4 is 5.32 Å². The average Bonchev–Trinajstić information content (AvgIpc) is 3.25. The molecule has 0 amide bonds. The van der Waals surface area contributed by atoms with Crippen LogP contribution in [-0.2, 0) is 0 Å². The van der Waals surface area contributed by atoms with Gasteiger partial charge in [-0.1, -0.05) is 0 Å². The van der Waals surface area contributed by atoms with Gasteiger partial charge in [0.2, 0.25) is 0 Å². The number of fused-ring (bicyclic) bond motifs is 4. The molecule has 1 aromatic carbocycles. The van der Waals surface area contributed by atoms with E-state index in [1.807, 2.05) is 32.2 Å². The third kappa shape index (κ3) is 2.39. The SMILES string of the molecule is Cc1cn2nc(-c3cc(F)c4nc(C5CC6CC(C5)N6)[nH]c4c3)cc(C)c2n1. The summed E-state index contributed by atoms with van der Waals surface area (Å²) in [5.41, 5.74) is 5.37. The van der Waals surface area contributed by atoms with Crippen molar-refractivity contribution in [1.29, 1.82) is 0 Å². The lowest BCUT2D eigenvalue weighted by atomic mass is 9.75. The Bertz CT molecular complexity index is 1220. The Morgan fingerprint density at radius 1 is 1.07 bits per heavy atom. The number of piperidine rings is 1. The molecule has 4 aromatic rings. The smallest absolute Gasteiger partial charge is 0.156 e. The topological polar surface area (TPSA) is 70.9 Å². The van der Waals surface area contributed by atoms with Gasteiger partial charge in [-0.05, 0) is 56.9 Å². The van der Waals surface area contributed by atoms with Crippen LogP contribution in [0.4, 0.5) is 4.39 Å². The number of halogens is 1. The Hall–Kier alpha value is -2.80. The molecule has 5 heterocycles. The summed E-state index contributed by atoms with van der Waals surface area (Å²) in [6, 6.07) is 6.63. The van der Waals surface area contributed by atoms with Crippen molar-refractivity contribution in [3.05, 3.63) is 47.3 Å². The number of aryl methyl sites for hydroxylation is 2. The van der Waals surface area contributed by atoms with Crippen molar-refractivity contribution in [2.75, 3.05) is 0 Å². The predicted molar refractivity (Wildman–Crippen MR) is 105 cm³/mol. The Labute approximate surface area is 161 Å². The minimum atomic E-state index is -0.310. The molecule has 2 saturated heterocycles. The molecule has 3 aromatic heterocycles. The second kappa shape index (κ2) is 5.61. The fourth-order valence-corrected chi connectivity index (χ4v) is 4.81. The zero-order valence-corrected chi connectivity index (χ0v) is 15.8. The van der Waals surface area contributed by atoms with E-state index in [0.29, 0.717) is 23.5 Å². The van der Waals surface area contributed by atoms with Gasteiger partial charge >= 0.3 is 0 Å². The van der Waals surface area contributed by atoms with Crippen molar-refractivity contribution in [1.82, 2.24) is 29.9 Å². The Morgan fingerprint density at radius 3 is 2.64 bits per heavy atom. The summed E-state index contributed by atoms with van der Waals surface area (Å²) < 4.78 is 16.6. The highest BCUT2D eigenvalue weighted by atomic mass is 19.1. The van der Waals surface area contributed by atoms with Gasteiger partial charge in [-0.15, -0.1) is 0 Å². The molecule has 0 spiro atoms. The molecule has 3 aliphatic rings. The molecule has 6 nitrogen and oxygen atoms in total. The van der Waals surface area contributed by atoms with Gasteiger partial charge in [-0.2, -0.15) is 5.10 Å². The lowest BCUT2D eigenvalue weighted by Crippen LogP contribution is -2.57. The number of aromatic nitrogens is 5. The zero-order valence-electron chi connectivity index (χ0n) is 15.8. The first-order valence-electron chi connectivity index (χ1n) is 9.83. The van der Waals surface area contributed by atoms with E-state index in [9.17, 15) is 4.39 Å². The van der Waals surface area contributed by atoms with E-state index in [1.54, 1.807) is 4.52 Å². The Morgan fingerprint density at radius 2 is 1.86 bits per heavy atom. The number of hydrogen-bond donors (Lipinski definition) is 2. The fourth-order valence-electron chi connectivity index (χ4n) is 4.81. The molecule has 28 heavy (non-hydrogen) atoms. The molecule has 1 aliphatic carbocycles. The van der Waals surface area contributed by atoms with Crippen molar-refractivity contribution in [3.8, 4) is 11.3 Å². The van der Waals surface area contributed by atoms with Crippen molar-refractivity contribution < 1.29 is 4.39 Å². The van der Waals surface area contributed by atoms with Crippen LogP contribution in [0.5, 0.6) is 0 Å². The highest BCUT2D eigenvalue weighted by Gasteiger charge is 2.39. The highest BCUT2D eigenvalue weighted by molar-refractivity contribution is 5.82. The first-order valence-corrected chi connectivity index (χ1v) is 9.83. The molecule has 7 rings (SSSR count). The first kappa shape index (κ1) is 16.2. The molecule has 7 heteroatoms. The van der Waals surface area contributed by atoms with Crippen LogP contribution in [0.1, 0.15) is 42.3 Å². The summed E-state index contributed by atoms with van der Waals surface area (Å²) in [6.07, 6.45) is 5.29. The fraction of sp³-hybridized carbons (Fsp3) is 0.381. The lowest BCUT2D eigenvalue weighted by molar-refractivity contribution is 0.158. The predicted octanol–water partition coefficient (Wildman–Crippen LogP) is 3.64. The number of imidazole rings is 2. The minimum Gasteiger partial charge on any atom is -0.342 e. The molecule has 2 atom stereocenters. The third-order valence-corrected chi connectivity index (χ3v) is 6.15. The monoisotopic (exact) mass is 376 g/mol. The van der Waals surface area contributed by atoms with Crippen LogP contribution in [0.2, 0.25) is 0 Å². The molecule has 1 saturated carbocycles. The van der Waals surface area contributed by atoms with Gasteiger partial charge in [0.1, 0.15) is 11.3 Å². The summed E-state index contributed by atoms with van der Waals surface area (Å²) in [4.78, 5) is 12.5. The van der Waals surface area contributed by atoms with Crippen molar-refractivity contribution in [3.63, 3.8) is 0 Å². The van der Waals surface area contributed by atoms with Gasteiger partial charge in [0.05, 0.1) is 23.1 Å². The summed E-state index contributed by atoms with van der Waals surface area (Å²) in [5, 5.41) is 8.18. The van der Waals surface area contributed by atoms with Crippen LogP contribution in [0.25, 0.3) is 27.9 Å². The van der Waals surface area contributed by atoms with E-state index in [2.05, 4.69) is 25.4 Å². The number of nitrogens with one attached hydrogen (secondary N) is 2. The largest absolute Gasteiger partial charge is 0.342 e. The summed E-state index contributed by atoms with van der Waals surface area (Å²) in [6.45, 7) is 3.94. The van der Waals surface area contributed by atoms with Gasteiger partial charge < -0.3 is 10.3 Å². The summed E-state index contributed by atoms with van der Waals surface area (Å²) in [5.74, 6) is 0.980. The quantitative estimate of drug-likeness (QED) is 0.560. The van der Waals surface area contributed by atoms with E-state index in [0.717, 1.165) is 52.3 Å². The number of benzene rings is 1. The van der Waals surface area contributed by atoms with E-state index < -0.39 is 0 Å². The molecule has 2 N–H and O–H groups in total. The Balaban J connectivity index is 1.44. The molecule has 2 bridgehead atoms. The zero-order chi connectivity index (χ0) is 19.0. The van der Waals surface area contributed by atoms with E-state index >= 15 is 0 Å². The highest BCUT2D eigenvalue weighted by Crippen LogP contribution is 2.38. The van der Waals surface area contributed by atoms with Crippen molar-refractivity contribution in [2.45, 2.75) is 51.1 Å². The number of H-pyrrole nitrogens is 1. The summed E-state index contributed by atoms with van der Waals surface area (Å²) >= 11 is 0. The maximum absolute atomic E-state index is 14.9. The first-order chi connectivity index (χ1) is 13.5. The number of rotatable bonds is 2. The minimum absolute atomic E-state index is 0.310. The molecule has 142 valence electrons. The maximum Gasteiger partial charge on any atom is 0.156 e. The van der Waals surface area contributed by atoms with Crippen LogP contribution in [0, 0.1) is 19.7 Å². The van der Waals surface area contributed by atoms with Gasteiger partial charge in [0.25, 0.3) is 0 Å². The van der Waals surface area contributed by atoms with Gasteiger partial charge in [-0.3, -0.25) is 0 Å². The molecule has 3 fully saturated rings. The third-order valence-electron chi connectivity index (χ3n) is 6.15. The Kier molecular flexibility index (Phi) is 3.24. The van der Waals surface area contributed by atoms with E-state index in [-0.39, 0.29) is 5.82 Å². The molecule has 0 radical (unpaired) electrons. The average molecular weight is 376 g/mol. The van der Waals surface area contributed by atoms with Gasteiger partial charge in [0, 0.05) is 23.6 Å². The number of aromatic amines is 1. The van der Waals surface area contributed by atoms with E-state index in [1.165, 1.54) is 12.5 Å². The van der Waals surface area contributed by atoms with Crippen LogP contribution >= 0.6 is 0 Å². The van der Waals surface area contributed by atoms with E-state index in [4.69, 9.17) is 0 Å². The number of nitrogens with zero attached hydrogens (tertiary/aromatic N) is 4. The molecule has 2 aliphatic heterocycles. The second-order valence-corrected chi connectivity index (χ2v) is 8.30. The second-order valence-electron chi connectivity index (χ2n) is 8.30. The van der Waals surface area contributed by atoms with Gasteiger partial charge in [0.15, 0.2) is 11.5 Å². The normalized spacial score (nSPS) is 24.0. The summed E-state index contributed by atoms with van der Waals surface area (Å²) in [7, 11) is 0. The standard InChI is InChI=1S/C21H21FN6/c1-10-3-17(27-28-9-11(2)23-21(10)28)12-6-16(22)19-18(7-12)25-20(26-19)13-4-14-8-15(5-13)24-14/h3,6-7,9,13-15,24H,4-5,8H2,1-2H3,(H,25,26). The molecular formula is C21H21FN6. The molecule has 2 unspecified atom stereocenters. The van der Waals surface area contributed by atoms with Crippen LogP contribution in [0.15, 0.2) is 24.4 Å². The maximum atomic E-state index is 14.9. The van der Waals surface area contributed by atoms with Crippen LogP contribution in [-0.4, -0.2) is 36.6 Å². The lowest BCUT2D eigenvalue weighted by Gasteiger charge is -2.46. The van der Waals surface area contributed by atoms with Gasteiger partial charge in [-0.25, -0.2) is 18.9 Å². The van der Waals surface area contributed by atoms with Crippen LogP contribution in [0.3, 0.4) is 0 Å². The number of hydrogen-bond acceptors (Lipinski definition) is 4. The molecular weight excluding hydrogens is 355 g/mol. The van der Waals surface area contributed by atoms with Crippen molar-refractivity contribution >= 4 is 16.7 Å². The van der Waals surface area contributed by atoms with Crippen molar-refractivity contribution in [2.24, 2.45) is 0 Å².